The van der Waals surface area contributed by atoms with E-state index in [-0.39, 0.29) is 0 Å². The van der Waals surface area contributed by atoms with E-state index >= 15 is 0 Å². The zero-order valence-electron chi connectivity index (χ0n) is 6.75. The van der Waals surface area contributed by atoms with Crippen LogP contribution < -0.4 is 0 Å². The molecule has 2 nitrogen and oxygen atoms in total. The van der Waals surface area contributed by atoms with E-state index < -0.39 is 0 Å². The first-order chi connectivity index (χ1) is 5.31. The van der Waals surface area contributed by atoms with Crippen LogP contribution in [0.5, 0.6) is 0 Å². The first kappa shape index (κ1) is 9.72. The van der Waals surface area contributed by atoms with Crippen LogP contribution in [-0.4, -0.2) is 0 Å². The van der Waals surface area contributed by atoms with Crippen molar-refractivity contribution in [3.8, 4) is 12.1 Å². The minimum absolute atomic E-state index is 0.318. The molecule has 0 saturated heterocycles. The van der Waals surface area contributed by atoms with Crippen LogP contribution in [0.3, 0.4) is 0 Å². The molecular weight excluding hydrogens is 136 g/mol. The molecule has 11 heavy (non-hydrogen) atoms. The van der Waals surface area contributed by atoms with Crippen LogP contribution >= 0.6 is 0 Å². The second kappa shape index (κ2) is 6.83. The summed E-state index contributed by atoms with van der Waals surface area (Å²) in [5, 5.41) is 16.5. The zero-order valence-corrected chi connectivity index (χ0v) is 6.75. The first-order valence-electron chi connectivity index (χ1n) is 3.71. The molecule has 0 amide bonds. The molecule has 1 atom stereocenters. The van der Waals surface area contributed by atoms with Crippen LogP contribution in [0.15, 0.2) is 12.2 Å². The van der Waals surface area contributed by atoms with E-state index in [0.717, 1.165) is 6.42 Å². The predicted octanol–water partition coefficient (Wildman–Crippen LogP) is 2.40. The maximum absolute atomic E-state index is 8.30. The number of hydrogen-bond acceptors (Lipinski definition) is 2. The lowest BCUT2D eigenvalue weighted by Crippen LogP contribution is -1.85. The number of rotatable bonds is 4. The van der Waals surface area contributed by atoms with Crippen molar-refractivity contribution >= 4 is 0 Å². The van der Waals surface area contributed by atoms with Crippen LogP contribution in [0, 0.1) is 28.6 Å². The first-order valence-corrected chi connectivity index (χ1v) is 3.71. The maximum atomic E-state index is 8.30. The Labute approximate surface area is 67.8 Å². The van der Waals surface area contributed by atoms with Gasteiger partial charge in [0.15, 0.2) is 0 Å². The number of nitrogens with zero attached hydrogens (tertiary/aromatic N) is 2. The highest BCUT2D eigenvalue weighted by Gasteiger charge is 1.92. The summed E-state index contributed by atoms with van der Waals surface area (Å²) in [6.45, 7) is 1.99. The van der Waals surface area contributed by atoms with Gasteiger partial charge in [-0.05, 0) is 12.3 Å². The third-order valence-electron chi connectivity index (χ3n) is 1.30. The minimum atomic E-state index is 0.318. The summed E-state index contributed by atoms with van der Waals surface area (Å²) in [4.78, 5) is 0. The molecule has 0 saturated carbocycles. The Morgan fingerprint density at radius 2 is 2.09 bits per heavy atom. The van der Waals surface area contributed by atoms with Gasteiger partial charge in [0.25, 0.3) is 0 Å². The Kier molecular flexibility index (Phi) is 6.04. The third kappa shape index (κ3) is 6.61. The zero-order chi connectivity index (χ0) is 8.53. The predicted molar refractivity (Wildman–Crippen MR) is 43.4 cm³/mol. The van der Waals surface area contributed by atoms with Crippen LogP contribution in [0.1, 0.15) is 26.2 Å². The highest BCUT2D eigenvalue weighted by Crippen LogP contribution is 2.03. The largest absolute Gasteiger partial charge is 0.198 e. The van der Waals surface area contributed by atoms with Gasteiger partial charge in [-0.15, -0.1) is 0 Å². The summed E-state index contributed by atoms with van der Waals surface area (Å²) < 4.78 is 0. The minimum Gasteiger partial charge on any atom is -0.198 e. The topological polar surface area (TPSA) is 47.6 Å². The van der Waals surface area contributed by atoms with Gasteiger partial charge in [0, 0.05) is 12.8 Å². The van der Waals surface area contributed by atoms with E-state index in [2.05, 4.69) is 12.1 Å². The summed E-state index contributed by atoms with van der Waals surface area (Å²) in [6.07, 6.45) is 5.87. The lowest BCUT2D eigenvalue weighted by atomic mass is 10.1. The molecule has 1 unspecified atom stereocenters. The average Bonchev–Trinajstić information content (AvgIpc) is 1.99. The lowest BCUT2D eigenvalue weighted by Gasteiger charge is -1.95. The van der Waals surface area contributed by atoms with Crippen molar-refractivity contribution < 1.29 is 0 Å². The Hall–Kier alpha value is -1.28. The van der Waals surface area contributed by atoms with Gasteiger partial charge in [0.2, 0.25) is 0 Å². The molecule has 2 heteroatoms. The van der Waals surface area contributed by atoms with Crippen molar-refractivity contribution in [2.24, 2.45) is 5.92 Å². The molecule has 0 aliphatic carbocycles. The van der Waals surface area contributed by atoms with Crippen molar-refractivity contribution in [2.45, 2.75) is 26.2 Å². The molecule has 0 aromatic rings. The molecular formula is C9H12N2. The molecule has 0 aliphatic heterocycles. The van der Waals surface area contributed by atoms with E-state index in [1.54, 1.807) is 0 Å². The molecule has 0 spiro atoms. The average molecular weight is 148 g/mol. The fourth-order valence-electron chi connectivity index (χ4n) is 0.688. The van der Waals surface area contributed by atoms with Crippen LogP contribution in [0.25, 0.3) is 0 Å². The Morgan fingerprint density at radius 1 is 1.36 bits per heavy atom. The van der Waals surface area contributed by atoms with Gasteiger partial charge in [-0.3, -0.25) is 0 Å². The smallest absolute Gasteiger partial charge is 0.0627 e. The van der Waals surface area contributed by atoms with Gasteiger partial charge in [0.1, 0.15) is 0 Å². The van der Waals surface area contributed by atoms with E-state index in [9.17, 15) is 0 Å². The summed E-state index contributed by atoms with van der Waals surface area (Å²) in [5.41, 5.74) is 0. The molecule has 0 bridgehead atoms. The number of unbranched alkanes of at least 4 members (excludes halogenated alkanes) is 1. The van der Waals surface area contributed by atoms with Gasteiger partial charge in [-0.25, -0.2) is 0 Å². The second-order valence-electron chi connectivity index (χ2n) is 2.46. The normalized spacial score (nSPS) is 12.3. The molecule has 0 aliphatic rings. The van der Waals surface area contributed by atoms with E-state index in [0.29, 0.717) is 18.8 Å². The maximum Gasteiger partial charge on any atom is 0.0627 e. The second-order valence-corrected chi connectivity index (χ2v) is 2.46. The quantitative estimate of drug-likeness (QED) is 0.454. The van der Waals surface area contributed by atoms with E-state index in [4.69, 9.17) is 10.5 Å². The summed E-state index contributed by atoms with van der Waals surface area (Å²) in [6, 6.07) is 4.15. The Bertz CT molecular complexity index is 193. The van der Waals surface area contributed by atoms with Crippen molar-refractivity contribution in [1.29, 1.82) is 10.5 Å². The van der Waals surface area contributed by atoms with Crippen LogP contribution in [0.4, 0.5) is 0 Å². The summed E-state index contributed by atoms with van der Waals surface area (Å²) in [7, 11) is 0. The van der Waals surface area contributed by atoms with Crippen LogP contribution in [-0.2, 0) is 0 Å². The molecule has 0 radical (unpaired) electrons. The highest BCUT2D eigenvalue weighted by atomic mass is 14.2. The number of hydrogen-bond donors (Lipinski definition) is 0. The Balaban J connectivity index is 3.43. The Morgan fingerprint density at radius 3 is 2.64 bits per heavy atom. The number of allylic oxidation sites excluding steroid dienone is 2. The fraction of sp³-hybridized carbons (Fsp3) is 0.556. The standard InChI is InChI=1S/C9H12N2/c1-9(6-8-11)5-3-2-4-7-10/h3,5,9H,2,4,6H2,1H3. The van der Waals surface area contributed by atoms with Gasteiger partial charge >= 0.3 is 0 Å². The highest BCUT2D eigenvalue weighted by molar-refractivity contribution is 4.92. The van der Waals surface area contributed by atoms with Crippen molar-refractivity contribution in [3.05, 3.63) is 12.2 Å². The van der Waals surface area contributed by atoms with Gasteiger partial charge in [-0.1, -0.05) is 19.1 Å². The molecule has 0 N–H and O–H groups in total. The molecule has 58 valence electrons. The lowest BCUT2D eigenvalue weighted by molar-refractivity contribution is 0.748. The van der Waals surface area contributed by atoms with Gasteiger partial charge < -0.3 is 0 Å². The van der Waals surface area contributed by atoms with E-state index in [1.807, 2.05) is 19.1 Å². The SMILES string of the molecule is CC(C=CCCC#N)CC#N. The number of nitriles is 2. The molecule has 0 rings (SSSR count). The molecule has 0 aromatic carbocycles. The summed E-state index contributed by atoms with van der Waals surface area (Å²) >= 11 is 0. The van der Waals surface area contributed by atoms with Crippen LogP contribution in [0.2, 0.25) is 0 Å². The van der Waals surface area contributed by atoms with Gasteiger partial charge in [0.05, 0.1) is 12.1 Å². The summed E-state index contributed by atoms with van der Waals surface area (Å²) in [5.74, 6) is 0.318. The van der Waals surface area contributed by atoms with Crippen molar-refractivity contribution in [2.75, 3.05) is 0 Å². The molecule has 0 heterocycles. The van der Waals surface area contributed by atoms with Crippen molar-refractivity contribution in [1.82, 2.24) is 0 Å². The fourth-order valence-corrected chi connectivity index (χ4v) is 0.688. The molecule has 0 fully saturated rings. The van der Waals surface area contributed by atoms with Crippen molar-refractivity contribution in [3.63, 3.8) is 0 Å². The monoisotopic (exact) mass is 148 g/mol. The third-order valence-corrected chi connectivity index (χ3v) is 1.30. The van der Waals surface area contributed by atoms with Gasteiger partial charge in [-0.2, -0.15) is 10.5 Å². The van der Waals surface area contributed by atoms with E-state index in [1.165, 1.54) is 0 Å². The molecule has 0 aromatic heterocycles.